The zero-order chi connectivity index (χ0) is 18.3. The molecule has 0 amide bonds. The molecule has 8 heteroatoms. The topological polar surface area (TPSA) is 93.0 Å². The number of rotatable bonds is 2. The van der Waals surface area contributed by atoms with Gasteiger partial charge in [-0.05, 0) is 24.3 Å². The molecule has 136 valence electrons. The van der Waals surface area contributed by atoms with Gasteiger partial charge in [-0.25, -0.2) is 9.37 Å². The summed E-state index contributed by atoms with van der Waals surface area (Å²) in [4.78, 5) is 12.7. The minimum atomic E-state index is -0.427. The maximum Gasteiger partial charge on any atom is 0.199 e. The first kappa shape index (κ1) is 16.7. The standard InChI is InChI=1S/C18H21FN6O/c1-24-16(20)11-5-6-13(22-17(11)23-18(24)21)15-12(19)3-2-4-14(15)25-7-9-26-10-8-25/h2-6,16H,7-10,20H2,1H3,(H2,21,22,23). The number of morpholine rings is 1. The summed E-state index contributed by atoms with van der Waals surface area (Å²) >= 11 is 0. The second-order valence-corrected chi connectivity index (χ2v) is 6.37. The molecule has 3 heterocycles. The van der Waals surface area contributed by atoms with Crippen molar-refractivity contribution in [3.05, 3.63) is 41.7 Å². The smallest absolute Gasteiger partial charge is 0.199 e. The Morgan fingerprint density at radius 1 is 1.19 bits per heavy atom. The second kappa shape index (κ2) is 6.54. The molecule has 26 heavy (non-hydrogen) atoms. The second-order valence-electron chi connectivity index (χ2n) is 6.37. The molecule has 4 N–H and O–H groups in total. The number of nitrogens with two attached hydrogens (primary N) is 2. The summed E-state index contributed by atoms with van der Waals surface area (Å²) in [5, 5.41) is 0. The molecule has 1 fully saturated rings. The van der Waals surface area contributed by atoms with Gasteiger partial charge in [0.15, 0.2) is 11.8 Å². The van der Waals surface area contributed by atoms with E-state index in [9.17, 15) is 4.39 Å². The monoisotopic (exact) mass is 356 g/mol. The first-order chi connectivity index (χ1) is 12.6. The van der Waals surface area contributed by atoms with Crippen molar-refractivity contribution in [2.45, 2.75) is 6.17 Å². The predicted molar refractivity (Wildman–Crippen MR) is 98.6 cm³/mol. The number of ether oxygens (including phenoxy) is 1. The fourth-order valence-electron chi connectivity index (χ4n) is 3.29. The Morgan fingerprint density at radius 3 is 2.73 bits per heavy atom. The van der Waals surface area contributed by atoms with Gasteiger partial charge in [-0.2, -0.15) is 4.99 Å². The van der Waals surface area contributed by atoms with Gasteiger partial charge in [-0.3, -0.25) is 0 Å². The number of pyridine rings is 1. The van der Waals surface area contributed by atoms with E-state index in [-0.39, 0.29) is 11.8 Å². The van der Waals surface area contributed by atoms with Crippen LogP contribution in [0, 0.1) is 5.82 Å². The largest absolute Gasteiger partial charge is 0.378 e. The number of hydrogen-bond donors (Lipinski definition) is 2. The Kier molecular flexibility index (Phi) is 4.21. The van der Waals surface area contributed by atoms with Crippen molar-refractivity contribution in [2.24, 2.45) is 16.5 Å². The molecular formula is C18H21FN6O. The highest BCUT2D eigenvalue weighted by atomic mass is 19.1. The van der Waals surface area contributed by atoms with Crippen molar-refractivity contribution < 1.29 is 9.13 Å². The lowest BCUT2D eigenvalue weighted by Gasteiger charge is -2.31. The van der Waals surface area contributed by atoms with Gasteiger partial charge in [0.2, 0.25) is 0 Å². The maximum atomic E-state index is 14.7. The van der Waals surface area contributed by atoms with Gasteiger partial charge in [0, 0.05) is 31.4 Å². The molecule has 7 nitrogen and oxygen atoms in total. The number of benzene rings is 1. The number of nitrogens with zero attached hydrogens (tertiary/aromatic N) is 4. The van der Waals surface area contributed by atoms with Crippen LogP contribution in [-0.2, 0) is 4.74 Å². The van der Waals surface area contributed by atoms with E-state index in [1.807, 2.05) is 12.1 Å². The van der Waals surface area contributed by atoms with E-state index in [4.69, 9.17) is 16.2 Å². The number of guanidine groups is 1. The molecule has 1 atom stereocenters. The van der Waals surface area contributed by atoms with Gasteiger partial charge in [0.05, 0.1) is 24.5 Å². The van der Waals surface area contributed by atoms with Gasteiger partial charge in [-0.15, -0.1) is 0 Å². The number of aliphatic imine (C=N–C) groups is 1. The highest BCUT2D eigenvalue weighted by Gasteiger charge is 2.26. The molecule has 1 unspecified atom stereocenters. The number of anilines is 1. The summed E-state index contributed by atoms with van der Waals surface area (Å²) in [5.74, 6) is 0.397. The molecular weight excluding hydrogens is 335 g/mol. The van der Waals surface area contributed by atoms with E-state index in [0.717, 1.165) is 11.3 Å². The number of aromatic nitrogens is 1. The molecule has 0 saturated carbocycles. The molecule has 2 aromatic rings. The van der Waals surface area contributed by atoms with Crippen LogP contribution in [0.15, 0.2) is 35.3 Å². The van der Waals surface area contributed by atoms with Crippen LogP contribution in [0.1, 0.15) is 11.7 Å². The molecule has 1 aromatic carbocycles. The van der Waals surface area contributed by atoms with Crippen molar-refractivity contribution in [1.29, 1.82) is 0 Å². The van der Waals surface area contributed by atoms with E-state index in [2.05, 4.69) is 14.9 Å². The zero-order valence-electron chi connectivity index (χ0n) is 14.5. The summed E-state index contributed by atoms with van der Waals surface area (Å²) in [6.07, 6.45) is -0.427. The van der Waals surface area contributed by atoms with Gasteiger partial charge in [0.25, 0.3) is 0 Å². The van der Waals surface area contributed by atoms with Crippen LogP contribution in [0.5, 0.6) is 0 Å². The van der Waals surface area contributed by atoms with Gasteiger partial charge < -0.3 is 26.0 Å². The zero-order valence-corrected chi connectivity index (χ0v) is 14.5. The first-order valence-electron chi connectivity index (χ1n) is 8.51. The quantitative estimate of drug-likeness (QED) is 0.849. The van der Waals surface area contributed by atoms with E-state index in [0.29, 0.717) is 43.4 Å². The third kappa shape index (κ3) is 2.77. The minimum Gasteiger partial charge on any atom is -0.378 e. The molecule has 0 bridgehead atoms. The third-order valence-corrected chi connectivity index (χ3v) is 4.82. The normalized spacial score (nSPS) is 20.0. The summed E-state index contributed by atoms with van der Waals surface area (Å²) in [5.41, 5.74) is 14.6. The predicted octanol–water partition coefficient (Wildman–Crippen LogP) is 1.57. The Hall–Kier alpha value is -2.71. The van der Waals surface area contributed by atoms with Crippen molar-refractivity contribution in [2.75, 3.05) is 38.3 Å². The van der Waals surface area contributed by atoms with Crippen molar-refractivity contribution >= 4 is 17.5 Å². The van der Waals surface area contributed by atoms with Crippen LogP contribution in [0.2, 0.25) is 0 Å². The molecule has 2 aliphatic rings. The van der Waals surface area contributed by atoms with Gasteiger partial charge in [0.1, 0.15) is 12.0 Å². The van der Waals surface area contributed by atoms with E-state index >= 15 is 0 Å². The van der Waals surface area contributed by atoms with Crippen molar-refractivity contribution in [3.8, 4) is 11.3 Å². The first-order valence-corrected chi connectivity index (χ1v) is 8.51. The average Bonchev–Trinajstić information content (AvgIpc) is 2.66. The van der Waals surface area contributed by atoms with Crippen molar-refractivity contribution in [1.82, 2.24) is 9.88 Å². The van der Waals surface area contributed by atoms with Gasteiger partial charge in [-0.1, -0.05) is 6.07 Å². The molecule has 0 spiro atoms. The lowest BCUT2D eigenvalue weighted by atomic mass is 10.0. The van der Waals surface area contributed by atoms with Crippen molar-refractivity contribution in [3.63, 3.8) is 0 Å². The Bertz CT molecular complexity index is 865. The number of hydrogen-bond acceptors (Lipinski definition) is 7. The molecule has 2 aliphatic heterocycles. The summed E-state index contributed by atoms with van der Waals surface area (Å²) in [7, 11) is 1.77. The van der Waals surface area contributed by atoms with Crippen LogP contribution in [0.25, 0.3) is 11.3 Å². The molecule has 4 rings (SSSR count). The lowest BCUT2D eigenvalue weighted by Crippen LogP contribution is -2.43. The van der Waals surface area contributed by atoms with Crippen LogP contribution in [0.3, 0.4) is 0 Å². The lowest BCUT2D eigenvalue weighted by molar-refractivity contribution is 0.122. The fourth-order valence-corrected chi connectivity index (χ4v) is 3.29. The Morgan fingerprint density at radius 2 is 1.96 bits per heavy atom. The molecule has 1 aromatic heterocycles. The van der Waals surface area contributed by atoms with E-state index in [1.165, 1.54) is 6.07 Å². The minimum absolute atomic E-state index is 0.289. The Balaban J connectivity index is 1.81. The highest BCUT2D eigenvalue weighted by molar-refractivity contribution is 5.84. The fraction of sp³-hybridized carbons (Fsp3) is 0.333. The SMILES string of the molecule is CN1C(N)=Nc2nc(-c3c(F)cccc3N3CCOCC3)ccc2C1N. The van der Waals surface area contributed by atoms with Crippen LogP contribution in [-0.4, -0.2) is 49.2 Å². The molecule has 1 saturated heterocycles. The van der Waals surface area contributed by atoms with E-state index < -0.39 is 6.17 Å². The van der Waals surface area contributed by atoms with Gasteiger partial charge >= 0.3 is 0 Å². The molecule has 0 aliphatic carbocycles. The average molecular weight is 356 g/mol. The third-order valence-electron chi connectivity index (χ3n) is 4.82. The van der Waals surface area contributed by atoms with E-state index in [1.54, 1.807) is 24.1 Å². The molecule has 0 radical (unpaired) electrons. The summed E-state index contributed by atoms with van der Waals surface area (Å²) in [6, 6.07) is 8.68. The van der Waals surface area contributed by atoms with Crippen LogP contribution < -0.4 is 16.4 Å². The summed E-state index contributed by atoms with van der Waals surface area (Å²) in [6.45, 7) is 2.66. The highest BCUT2D eigenvalue weighted by Crippen LogP contribution is 2.36. The summed E-state index contributed by atoms with van der Waals surface area (Å²) < 4.78 is 20.2. The van der Waals surface area contributed by atoms with Crippen LogP contribution >= 0.6 is 0 Å². The van der Waals surface area contributed by atoms with Crippen LogP contribution in [0.4, 0.5) is 15.9 Å². The number of halogens is 1. The number of fused-ring (bicyclic) bond motifs is 1. The Labute approximate surface area is 151 Å². The maximum absolute atomic E-state index is 14.7.